The van der Waals surface area contributed by atoms with Crippen molar-refractivity contribution in [3.05, 3.63) is 54.0 Å². The first-order chi connectivity index (χ1) is 9.74. The number of amides is 1. The molecule has 3 rings (SSSR count). The number of carbonyl (C=O) groups excluding carboxylic acids is 1. The Labute approximate surface area is 119 Å². The molecule has 0 unspecified atom stereocenters. The van der Waals surface area contributed by atoms with Gasteiger partial charge in [-0.25, -0.2) is 4.98 Å². The Morgan fingerprint density at radius 3 is 2.75 bits per heavy atom. The van der Waals surface area contributed by atoms with E-state index in [-0.39, 0.29) is 5.91 Å². The number of anilines is 1. The summed E-state index contributed by atoms with van der Waals surface area (Å²) in [5.74, 6) is -0.205. The SMILES string of the molecule is Cc1cn[nH]c1C(=O)Nc1cnc(-c2ccccc2)s1. The fraction of sp³-hybridized carbons (Fsp3) is 0.0714. The van der Waals surface area contributed by atoms with Crippen LogP contribution in [0, 0.1) is 6.92 Å². The van der Waals surface area contributed by atoms with Crippen molar-refractivity contribution in [3.63, 3.8) is 0 Å². The van der Waals surface area contributed by atoms with Gasteiger partial charge in [0.05, 0.1) is 12.4 Å². The molecule has 2 heterocycles. The van der Waals surface area contributed by atoms with Crippen molar-refractivity contribution in [1.82, 2.24) is 15.2 Å². The number of aromatic nitrogens is 3. The maximum absolute atomic E-state index is 12.0. The predicted octanol–water partition coefficient (Wildman–Crippen LogP) is 3.09. The molecule has 0 spiro atoms. The van der Waals surface area contributed by atoms with E-state index in [2.05, 4.69) is 20.5 Å². The average molecular weight is 284 g/mol. The number of nitrogens with zero attached hydrogens (tertiary/aromatic N) is 2. The zero-order chi connectivity index (χ0) is 13.9. The van der Waals surface area contributed by atoms with E-state index in [4.69, 9.17) is 0 Å². The molecule has 0 radical (unpaired) electrons. The fourth-order valence-corrected chi connectivity index (χ4v) is 2.61. The Kier molecular flexibility index (Phi) is 3.30. The Hall–Kier alpha value is -2.47. The molecule has 1 amide bonds. The molecule has 0 aliphatic rings. The minimum atomic E-state index is -0.205. The Bertz CT molecular complexity index is 732. The van der Waals surface area contributed by atoms with Crippen LogP contribution in [0.2, 0.25) is 0 Å². The Morgan fingerprint density at radius 1 is 1.25 bits per heavy atom. The lowest BCUT2D eigenvalue weighted by atomic mass is 10.2. The van der Waals surface area contributed by atoms with Gasteiger partial charge in [0.15, 0.2) is 0 Å². The van der Waals surface area contributed by atoms with Gasteiger partial charge in [0.1, 0.15) is 15.7 Å². The van der Waals surface area contributed by atoms with E-state index < -0.39 is 0 Å². The molecule has 20 heavy (non-hydrogen) atoms. The number of nitrogens with one attached hydrogen (secondary N) is 2. The second-order valence-corrected chi connectivity index (χ2v) is 5.31. The number of thiazole rings is 1. The molecule has 0 saturated carbocycles. The lowest BCUT2D eigenvalue weighted by molar-refractivity contribution is 0.102. The average Bonchev–Trinajstić information content (AvgIpc) is 3.09. The van der Waals surface area contributed by atoms with Crippen molar-refractivity contribution in [3.8, 4) is 10.6 Å². The van der Waals surface area contributed by atoms with Gasteiger partial charge in [0, 0.05) is 5.56 Å². The highest BCUT2D eigenvalue weighted by Crippen LogP contribution is 2.28. The predicted molar refractivity (Wildman–Crippen MR) is 78.8 cm³/mol. The molecule has 3 aromatic rings. The van der Waals surface area contributed by atoms with Gasteiger partial charge in [-0.15, -0.1) is 0 Å². The molecule has 6 heteroatoms. The summed E-state index contributed by atoms with van der Waals surface area (Å²) in [6, 6.07) is 9.86. The van der Waals surface area contributed by atoms with Crippen molar-refractivity contribution in [1.29, 1.82) is 0 Å². The van der Waals surface area contributed by atoms with E-state index in [9.17, 15) is 4.79 Å². The Morgan fingerprint density at radius 2 is 2.05 bits per heavy atom. The fourth-order valence-electron chi connectivity index (χ4n) is 1.80. The maximum atomic E-state index is 12.0. The maximum Gasteiger partial charge on any atom is 0.274 e. The first-order valence-electron chi connectivity index (χ1n) is 6.06. The number of aryl methyl sites for hydroxylation is 1. The summed E-state index contributed by atoms with van der Waals surface area (Å²) in [4.78, 5) is 16.4. The number of rotatable bonds is 3. The summed E-state index contributed by atoms with van der Waals surface area (Å²) >= 11 is 1.44. The van der Waals surface area contributed by atoms with Crippen LogP contribution in [0.1, 0.15) is 16.1 Å². The van der Waals surface area contributed by atoms with Crippen molar-refractivity contribution >= 4 is 22.2 Å². The zero-order valence-electron chi connectivity index (χ0n) is 10.8. The van der Waals surface area contributed by atoms with Gasteiger partial charge in [-0.2, -0.15) is 5.10 Å². The summed E-state index contributed by atoms with van der Waals surface area (Å²) in [6.07, 6.45) is 3.29. The third-order valence-corrected chi connectivity index (χ3v) is 3.78. The van der Waals surface area contributed by atoms with Gasteiger partial charge in [-0.3, -0.25) is 9.89 Å². The largest absolute Gasteiger partial charge is 0.311 e. The van der Waals surface area contributed by atoms with Crippen LogP contribution in [0.5, 0.6) is 0 Å². The lowest BCUT2D eigenvalue weighted by Crippen LogP contribution is -2.12. The molecule has 1 aromatic carbocycles. The molecule has 0 bridgehead atoms. The van der Waals surface area contributed by atoms with Crippen LogP contribution in [0.4, 0.5) is 5.00 Å². The molecule has 5 nitrogen and oxygen atoms in total. The molecule has 2 aromatic heterocycles. The van der Waals surface area contributed by atoms with Crippen LogP contribution in [-0.4, -0.2) is 21.1 Å². The van der Waals surface area contributed by atoms with E-state index in [1.807, 2.05) is 37.3 Å². The highest BCUT2D eigenvalue weighted by molar-refractivity contribution is 7.19. The van der Waals surface area contributed by atoms with Gasteiger partial charge in [0.25, 0.3) is 5.91 Å². The number of hydrogen-bond acceptors (Lipinski definition) is 4. The smallest absolute Gasteiger partial charge is 0.274 e. The topological polar surface area (TPSA) is 70.7 Å². The molecule has 100 valence electrons. The molecular formula is C14H12N4OS. The standard InChI is InChI=1S/C14H12N4OS/c1-9-7-16-18-12(9)13(19)17-11-8-15-14(20-11)10-5-3-2-4-6-10/h2-8H,1H3,(H,16,18)(H,17,19). The number of hydrogen-bond donors (Lipinski definition) is 2. The van der Waals surface area contributed by atoms with Crippen molar-refractivity contribution in [2.24, 2.45) is 0 Å². The first-order valence-corrected chi connectivity index (χ1v) is 6.88. The number of carbonyl (C=O) groups is 1. The van der Waals surface area contributed by atoms with E-state index in [1.54, 1.807) is 12.4 Å². The number of H-pyrrole nitrogens is 1. The van der Waals surface area contributed by atoms with Gasteiger partial charge in [-0.1, -0.05) is 41.7 Å². The molecular weight excluding hydrogens is 272 g/mol. The number of aromatic amines is 1. The van der Waals surface area contributed by atoms with Crippen LogP contribution < -0.4 is 5.32 Å². The molecule has 0 aliphatic carbocycles. The Balaban J connectivity index is 1.78. The molecule has 2 N–H and O–H groups in total. The second-order valence-electron chi connectivity index (χ2n) is 4.28. The van der Waals surface area contributed by atoms with Crippen molar-refractivity contribution in [2.75, 3.05) is 5.32 Å². The summed E-state index contributed by atoms with van der Waals surface area (Å²) in [6.45, 7) is 1.83. The van der Waals surface area contributed by atoms with Crippen LogP contribution >= 0.6 is 11.3 Å². The summed E-state index contributed by atoms with van der Waals surface area (Å²) in [5.41, 5.74) is 2.32. The number of benzene rings is 1. The monoisotopic (exact) mass is 284 g/mol. The zero-order valence-corrected chi connectivity index (χ0v) is 11.6. The third kappa shape index (κ3) is 2.46. The van der Waals surface area contributed by atoms with Gasteiger partial charge in [-0.05, 0) is 12.5 Å². The van der Waals surface area contributed by atoms with Gasteiger partial charge < -0.3 is 5.32 Å². The van der Waals surface area contributed by atoms with E-state index in [0.717, 1.165) is 16.1 Å². The normalized spacial score (nSPS) is 10.4. The summed E-state index contributed by atoms with van der Waals surface area (Å²) in [7, 11) is 0. The third-order valence-electron chi connectivity index (χ3n) is 2.82. The van der Waals surface area contributed by atoms with Crippen LogP contribution in [0.15, 0.2) is 42.7 Å². The van der Waals surface area contributed by atoms with Crippen LogP contribution in [0.3, 0.4) is 0 Å². The molecule has 0 saturated heterocycles. The van der Waals surface area contributed by atoms with E-state index in [1.165, 1.54) is 11.3 Å². The summed E-state index contributed by atoms with van der Waals surface area (Å²) < 4.78 is 0. The minimum absolute atomic E-state index is 0.205. The molecule has 0 atom stereocenters. The highest BCUT2D eigenvalue weighted by atomic mass is 32.1. The van der Waals surface area contributed by atoms with Crippen LogP contribution in [0.25, 0.3) is 10.6 Å². The first kappa shape index (κ1) is 12.6. The highest BCUT2D eigenvalue weighted by Gasteiger charge is 2.13. The molecule has 0 fully saturated rings. The van der Waals surface area contributed by atoms with Crippen molar-refractivity contribution in [2.45, 2.75) is 6.92 Å². The molecule has 0 aliphatic heterocycles. The quantitative estimate of drug-likeness (QED) is 0.776. The van der Waals surface area contributed by atoms with Crippen LogP contribution in [-0.2, 0) is 0 Å². The van der Waals surface area contributed by atoms with E-state index >= 15 is 0 Å². The van der Waals surface area contributed by atoms with Gasteiger partial charge in [0.2, 0.25) is 0 Å². The van der Waals surface area contributed by atoms with E-state index in [0.29, 0.717) is 10.7 Å². The lowest BCUT2D eigenvalue weighted by Gasteiger charge is -1.99. The minimum Gasteiger partial charge on any atom is -0.311 e. The van der Waals surface area contributed by atoms with Crippen molar-refractivity contribution < 1.29 is 4.79 Å². The summed E-state index contributed by atoms with van der Waals surface area (Å²) in [5, 5.41) is 10.9. The van der Waals surface area contributed by atoms with Gasteiger partial charge >= 0.3 is 0 Å². The second kappa shape index (κ2) is 5.26.